The van der Waals surface area contributed by atoms with Crippen LogP contribution in [0.3, 0.4) is 0 Å². The van der Waals surface area contributed by atoms with Gasteiger partial charge in [-0.15, -0.1) is 5.10 Å². The molecule has 0 aliphatic heterocycles. The third kappa shape index (κ3) is 5.98. The first-order valence-corrected chi connectivity index (χ1v) is 13.6. The van der Waals surface area contributed by atoms with Crippen LogP contribution in [0, 0.1) is 17.3 Å². The lowest BCUT2D eigenvalue weighted by atomic mass is 10.0. The van der Waals surface area contributed by atoms with Crippen LogP contribution in [0.2, 0.25) is 5.02 Å². The van der Waals surface area contributed by atoms with Crippen LogP contribution < -0.4 is 10.6 Å². The first-order valence-electron chi connectivity index (χ1n) is 13.7. The van der Waals surface area contributed by atoms with Crippen LogP contribution >= 0.6 is 11.6 Å². The highest BCUT2D eigenvalue weighted by Crippen LogP contribution is 2.37. The molecule has 0 bridgehead atoms. The molecule has 2 atom stereocenters. The van der Waals surface area contributed by atoms with Crippen LogP contribution in [-0.2, 0) is 5.54 Å². The largest absolute Gasteiger partial charge is 0.377 e. The quantitative estimate of drug-likeness (QED) is 0.187. The zero-order valence-electron chi connectivity index (χ0n) is 24.2. The van der Waals surface area contributed by atoms with Crippen molar-refractivity contribution in [2.75, 3.05) is 10.6 Å². The highest BCUT2D eigenvalue weighted by atomic mass is 35.5. The van der Waals surface area contributed by atoms with E-state index in [0.29, 0.717) is 38.4 Å². The first kappa shape index (κ1) is 26.7. The fraction of sp³-hybridized carbons (Fsp3) is 0.258. The summed E-state index contributed by atoms with van der Waals surface area (Å²) in [6, 6.07) is 16.6. The Morgan fingerprint density at radius 2 is 1.85 bits per heavy atom. The number of hydrogen-bond donors (Lipinski definition) is 2. The molecule has 0 saturated heterocycles. The summed E-state index contributed by atoms with van der Waals surface area (Å²) in [5.74, 6) is -0.664. The molecule has 5 rings (SSSR count). The van der Waals surface area contributed by atoms with E-state index in [4.69, 9.17) is 11.6 Å². The molecule has 0 radical (unpaired) electrons. The van der Waals surface area contributed by atoms with Crippen molar-refractivity contribution >= 4 is 33.9 Å². The SMILES string of the molecule is [2H]C(Nc1cc(Cl)c2ncc(C#N)c(NC(CC)c3ccccc3)c2c1)(c1ccc(F)nc1)c1cn(C(C)(C)C)nn1. The third-order valence-electron chi connectivity index (χ3n) is 6.70. The minimum Gasteiger partial charge on any atom is -0.377 e. The summed E-state index contributed by atoms with van der Waals surface area (Å²) in [6.45, 7) is 7.98. The van der Waals surface area contributed by atoms with Crippen LogP contribution in [0.25, 0.3) is 10.9 Å². The monoisotopic (exact) mass is 569 g/mol. The van der Waals surface area contributed by atoms with Crippen LogP contribution in [0.15, 0.2) is 73.2 Å². The highest BCUT2D eigenvalue weighted by Gasteiger charge is 2.23. The van der Waals surface area contributed by atoms with E-state index in [-0.39, 0.29) is 17.3 Å². The van der Waals surface area contributed by atoms with Crippen molar-refractivity contribution in [3.63, 3.8) is 0 Å². The van der Waals surface area contributed by atoms with Gasteiger partial charge in [0.1, 0.15) is 11.8 Å². The van der Waals surface area contributed by atoms with E-state index >= 15 is 0 Å². The fourth-order valence-corrected chi connectivity index (χ4v) is 4.78. The van der Waals surface area contributed by atoms with Gasteiger partial charge in [-0.1, -0.05) is 60.1 Å². The molecule has 41 heavy (non-hydrogen) atoms. The van der Waals surface area contributed by atoms with E-state index in [2.05, 4.69) is 43.9 Å². The summed E-state index contributed by atoms with van der Waals surface area (Å²) in [7, 11) is 0. The number of anilines is 2. The Morgan fingerprint density at radius 3 is 2.49 bits per heavy atom. The lowest BCUT2D eigenvalue weighted by molar-refractivity contribution is 0.347. The number of benzene rings is 2. The maximum absolute atomic E-state index is 13.8. The van der Waals surface area contributed by atoms with E-state index in [9.17, 15) is 11.0 Å². The summed E-state index contributed by atoms with van der Waals surface area (Å²) in [5.41, 5.74) is 3.23. The second-order valence-corrected chi connectivity index (χ2v) is 11.0. The number of nitriles is 1. The van der Waals surface area contributed by atoms with Gasteiger partial charge in [0.25, 0.3) is 0 Å². The molecule has 5 aromatic rings. The van der Waals surface area contributed by atoms with Gasteiger partial charge in [-0.05, 0) is 56.5 Å². The van der Waals surface area contributed by atoms with E-state index in [1.807, 2.05) is 51.1 Å². The van der Waals surface area contributed by atoms with E-state index in [0.717, 1.165) is 12.0 Å². The topological polar surface area (TPSA) is 104 Å². The van der Waals surface area contributed by atoms with Crippen molar-refractivity contribution in [1.29, 1.82) is 5.26 Å². The van der Waals surface area contributed by atoms with Crippen LogP contribution in [0.5, 0.6) is 0 Å². The van der Waals surface area contributed by atoms with E-state index in [1.54, 1.807) is 23.0 Å². The number of nitrogens with one attached hydrogen (secondary N) is 2. The standard InChI is InChI=1S/C31H30ClFN8/c1-5-25(19-9-7-6-8-10-19)38-28-21(15-34)17-36-30-23(28)13-22(14-24(30)32)37-29(20-11-12-27(33)35-16-20)26-18-41(40-39-26)31(2,3)4/h6-14,16-18,25,29,37H,5H2,1-4H3,(H,36,38)/i29D. The molecule has 2 unspecified atom stereocenters. The highest BCUT2D eigenvalue weighted by molar-refractivity contribution is 6.35. The fourth-order valence-electron chi connectivity index (χ4n) is 4.51. The molecular weight excluding hydrogens is 539 g/mol. The van der Waals surface area contributed by atoms with Crippen molar-refractivity contribution in [1.82, 2.24) is 25.0 Å². The number of hydrogen-bond acceptors (Lipinski definition) is 7. The van der Waals surface area contributed by atoms with Crippen molar-refractivity contribution < 1.29 is 5.76 Å². The van der Waals surface area contributed by atoms with Gasteiger partial charge in [0.05, 0.1) is 47.0 Å². The molecule has 0 fully saturated rings. The molecule has 0 amide bonds. The Morgan fingerprint density at radius 1 is 1.07 bits per heavy atom. The Kier molecular flexibility index (Phi) is 7.49. The van der Waals surface area contributed by atoms with Crippen molar-refractivity contribution in [3.05, 3.63) is 107 Å². The molecule has 0 saturated carbocycles. The lowest BCUT2D eigenvalue weighted by Crippen LogP contribution is -2.22. The summed E-state index contributed by atoms with van der Waals surface area (Å²) < 4.78 is 25.0. The van der Waals surface area contributed by atoms with Gasteiger partial charge in [0.15, 0.2) is 0 Å². The average Bonchev–Trinajstić information content (AvgIpc) is 3.49. The van der Waals surface area contributed by atoms with E-state index in [1.165, 1.54) is 24.5 Å². The normalized spacial score (nSPS) is 14.1. The molecule has 8 nitrogen and oxygen atoms in total. The van der Waals surface area contributed by atoms with Gasteiger partial charge in [-0.25, -0.2) is 9.67 Å². The number of pyridine rings is 2. The molecule has 0 aliphatic rings. The second-order valence-electron chi connectivity index (χ2n) is 10.6. The van der Waals surface area contributed by atoms with Crippen molar-refractivity contribution in [2.45, 2.75) is 51.7 Å². The molecule has 0 spiro atoms. The molecule has 208 valence electrons. The van der Waals surface area contributed by atoms with Crippen molar-refractivity contribution in [2.24, 2.45) is 0 Å². The minimum atomic E-state index is -1.72. The zero-order valence-corrected chi connectivity index (χ0v) is 23.9. The molecule has 3 heterocycles. The van der Waals surface area contributed by atoms with Gasteiger partial charge in [-0.2, -0.15) is 9.65 Å². The minimum absolute atomic E-state index is 0.0766. The summed E-state index contributed by atoms with van der Waals surface area (Å²) in [6.07, 6.45) is 5.24. The Hall–Kier alpha value is -4.55. The van der Waals surface area contributed by atoms with E-state index < -0.39 is 12.0 Å². The van der Waals surface area contributed by atoms with Crippen LogP contribution in [0.1, 0.15) is 69.9 Å². The first-order chi connectivity index (χ1) is 20.0. The summed E-state index contributed by atoms with van der Waals surface area (Å²) in [4.78, 5) is 8.24. The second kappa shape index (κ2) is 11.5. The van der Waals surface area contributed by atoms with Gasteiger partial charge < -0.3 is 10.6 Å². The predicted octanol–water partition coefficient (Wildman–Crippen LogP) is 7.41. The maximum atomic E-state index is 13.8. The Balaban J connectivity index is 1.64. The molecule has 2 N–H and O–H groups in total. The molecule has 10 heteroatoms. The van der Waals surface area contributed by atoms with Gasteiger partial charge >= 0.3 is 0 Å². The third-order valence-corrected chi connectivity index (χ3v) is 6.98. The number of fused-ring (bicyclic) bond motifs is 1. The molecule has 0 aliphatic carbocycles. The van der Waals surface area contributed by atoms with Gasteiger partial charge in [-0.3, -0.25) is 4.98 Å². The molecular formula is C31H30ClFN8. The maximum Gasteiger partial charge on any atom is 0.212 e. The summed E-state index contributed by atoms with van der Waals surface area (Å²) >= 11 is 6.75. The van der Waals surface area contributed by atoms with Crippen LogP contribution in [-0.4, -0.2) is 25.0 Å². The predicted molar refractivity (Wildman–Crippen MR) is 159 cm³/mol. The zero-order chi connectivity index (χ0) is 30.1. The number of rotatable bonds is 8. The van der Waals surface area contributed by atoms with Crippen molar-refractivity contribution in [3.8, 4) is 6.07 Å². The summed E-state index contributed by atoms with van der Waals surface area (Å²) in [5, 5.41) is 26.2. The number of aromatic nitrogens is 5. The smallest absolute Gasteiger partial charge is 0.212 e. The van der Waals surface area contributed by atoms with Gasteiger partial charge in [0, 0.05) is 23.5 Å². The number of halogens is 2. The molecule has 3 aromatic heterocycles. The lowest BCUT2D eigenvalue weighted by Gasteiger charge is -2.22. The number of nitrogens with zero attached hydrogens (tertiary/aromatic N) is 6. The van der Waals surface area contributed by atoms with Gasteiger partial charge in [0.2, 0.25) is 5.95 Å². The van der Waals surface area contributed by atoms with Crippen LogP contribution in [0.4, 0.5) is 15.8 Å². The Labute approximate surface area is 244 Å². The average molecular weight is 570 g/mol. The molecule has 2 aromatic carbocycles. The Bertz CT molecular complexity index is 1760.